The maximum absolute atomic E-state index is 13.4. The van der Waals surface area contributed by atoms with E-state index in [0.29, 0.717) is 56.5 Å². The van der Waals surface area contributed by atoms with Crippen LogP contribution in [0, 0.1) is 11.2 Å². The molecule has 1 N–H and O–H groups in total. The number of hydrogen-bond acceptors (Lipinski definition) is 7. The summed E-state index contributed by atoms with van der Waals surface area (Å²) >= 11 is 5.82. The lowest BCUT2D eigenvalue weighted by Crippen LogP contribution is -2.46. The Hall–Kier alpha value is -3.21. The van der Waals surface area contributed by atoms with Gasteiger partial charge in [0.2, 0.25) is 5.91 Å². The van der Waals surface area contributed by atoms with Gasteiger partial charge in [0.25, 0.3) is 0 Å². The minimum absolute atomic E-state index is 0.00497. The van der Waals surface area contributed by atoms with Gasteiger partial charge >= 0.3 is 12.1 Å². The van der Waals surface area contributed by atoms with Crippen molar-refractivity contribution in [1.82, 2.24) is 25.2 Å². The molecule has 10 nitrogen and oxygen atoms in total. The van der Waals surface area contributed by atoms with Crippen molar-refractivity contribution in [1.29, 1.82) is 0 Å². The van der Waals surface area contributed by atoms with Gasteiger partial charge < -0.3 is 19.7 Å². The number of benzene rings is 1. The van der Waals surface area contributed by atoms with Gasteiger partial charge in [-0.2, -0.15) is 0 Å². The highest BCUT2D eigenvalue weighted by Crippen LogP contribution is 2.17. The molecule has 3 rings (SSSR count). The Kier molecular flexibility index (Phi) is 9.85. The van der Waals surface area contributed by atoms with Crippen molar-refractivity contribution in [3.05, 3.63) is 46.5 Å². The molecule has 2 amide bonds. The molecule has 1 saturated heterocycles. The van der Waals surface area contributed by atoms with E-state index in [9.17, 15) is 18.8 Å². The number of amides is 2. The number of hydrogen-bond donors (Lipinski definition) is 1. The molecule has 1 aromatic heterocycles. The molecular weight excluding hydrogens is 505 g/mol. The van der Waals surface area contributed by atoms with Gasteiger partial charge in [0.1, 0.15) is 12.4 Å². The van der Waals surface area contributed by atoms with Gasteiger partial charge in [-0.25, -0.2) is 13.9 Å². The van der Waals surface area contributed by atoms with Crippen molar-refractivity contribution in [2.24, 2.45) is 5.41 Å². The van der Waals surface area contributed by atoms with Gasteiger partial charge in [0.05, 0.1) is 17.3 Å². The molecule has 2 aromatic rings. The van der Waals surface area contributed by atoms with Crippen LogP contribution in [-0.4, -0.2) is 57.0 Å². The van der Waals surface area contributed by atoms with E-state index < -0.39 is 17.3 Å². The zero-order valence-corrected chi connectivity index (χ0v) is 22.1. The SMILES string of the molecule is CC(C)(C)C(=O)OCn1cc(CCCC(=O)NC2CCN(C(=O)OCc3cc(F)cc(Cl)c3)CC2)nn1. The zero-order chi connectivity index (χ0) is 27.0. The van der Waals surface area contributed by atoms with Crippen LogP contribution < -0.4 is 5.32 Å². The van der Waals surface area contributed by atoms with E-state index in [4.69, 9.17) is 21.1 Å². The zero-order valence-electron chi connectivity index (χ0n) is 21.3. The smallest absolute Gasteiger partial charge is 0.410 e. The first-order valence-electron chi connectivity index (χ1n) is 12.2. The summed E-state index contributed by atoms with van der Waals surface area (Å²) in [6, 6.07) is 3.99. The molecule has 1 fully saturated rings. The number of esters is 1. The predicted molar refractivity (Wildman–Crippen MR) is 133 cm³/mol. The standard InChI is InChI=1S/C25H33ClFN5O5/c1-25(2,3)23(34)37-16-32-14-21(29-30-32)5-4-6-22(33)28-20-7-9-31(10-8-20)24(35)36-15-17-11-18(26)13-19(27)12-17/h11-14,20H,4-10,15-16H2,1-3H3,(H,28,33). The lowest BCUT2D eigenvalue weighted by molar-refractivity contribution is -0.157. The van der Waals surface area contributed by atoms with Gasteiger partial charge in [0, 0.05) is 30.6 Å². The summed E-state index contributed by atoms with van der Waals surface area (Å²) in [5.41, 5.74) is 0.606. The molecule has 0 spiro atoms. The molecule has 12 heteroatoms. The van der Waals surface area contributed by atoms with Crippen LogP contribution in [0.15, 0.2) is 24.4 Å². The number of nitrogens with one attached hydrogen (secondary N) is 1. The number of aryl methyl sites for hydroxylation is 1. The van der Waals surface area contributed by atoms with Crippen LogP contribution in [-0.2, 0) is 38.8 Å². The Morgan fingerprint density at radius 3 is 2.57 bits per heavy atom. The van der Waals surface area contributed by atoms with Crippen molar-refractivity contribution in [3.8, 4) is 0 Å². The summed E-state index contributed by atoms with van der Waals surface area (Å²) in [6.45, 7) is 6.17. The van der Waals surface area contributed by atoms with Crippen molar-refractivity contribution in [3.63, 3.8) is 0 Å². The third kappa shape index (κ3) is 9.31. The average Bonchev–Trinajstić information content (AvgIpc) is 3.28. The number of likely N-dealkylation sites (tertiary alicyclic amines) is 1. The monoisotopic (exact) mass is 537 g/mol. The highest BCUT2D eigenvalue weighted by Gasteiger charge is 2.25. The largest absolute Gasteiger partial charge is 0.445 e. The molecule has 1 aliphatic rings. The summed E-state index contributed by atoms with van der Waals surface area (Å²) < 4.78 is 25.3. The normalized spacial score (nSPS) is 14.4. The van der Waals surface area contributed by atoms with E-state index in [1.807, 2.05) is 0 Å². The first-order chi connectivity index (χ1) is 17.5. The van der Waals surface area contributed by atoms with E-state index in [-0.39, 0.29) is 36.3 Å². The lowest BCUT2D eigenvalue weighted by Gasteiger charge is -2.31. The number of carbonyl (C=O) groups excluding carboxylic acids is 3. The van der Waals surface area contributed by atoms with Crippen molar-refractivity contribution in [2.75, 3.05) is 13.1 Å². The van der Waals surface area contributed by atoms with Gasteiger partial charge in [0.15, 0.2) is 6.73 Å². The summed E-state index contributed by atoms with van der Waals surface area (Å²) in [5.74, 6) is -0.867. The molecule has 0 bridgehead atoms. The van der Waals surface area contributed by atoms with Crippen LogP contribution in [0.1, 0.15) is 57.7 Å². The van der Waals surface area contributed by atoms with Crippen molar-refractivity contribution >= 4 is 29.6 Å². The quantitative estimate of drug-likeness (QED) is 0.483. The van der Waals surface area contributed by atoms with Gasteiger partial charge in [-0.1, -0.05) is 16.8 Å². The number of aromatic nitrogens is 3. The molecule has 37 heavy (non-hydrogen) atoms. The molecular formula is C25H33ClFN5O5. The van der Waals surface area contributed by atoms with Gasteiger partial charge in [-0.15, -0.1) is 5.10 Å². The first kappa shape index (κ1) is 28.4. The number of halogens is 2. The number of carbonyl (C=O) groups is 3. The predicted octanol–water partition coefficient (Wildman–Crippen LogP) is 3.86. The fourth-order valence-electron chi connectivity index (χ4n) is 3.72. The average molecular weight is 538 g/mol. The Morgan fingerprint density at radius 1 is 1.16 bits per heavy atom. The Bertz CT molecular complexity index is 1080. The molecule has 0 aliphatic carbocycles. The molecule has 202 valence electrons. The third-order valence-electron chi connectivity index (χ3n) is 5.77. The number of nitrogens with zero attached hydrogens (tertiary/aromatic N) is 4. The van der Waals surface area contributed by atoms with Crippen LogP contribution >= 0.6 is 11.6 Å². The fraction of sp³-hybridized carbons (Fsp3) is 0.560. The lowest BCUT2D eigenvalue weighted by atomic mass is 9.98. The van der Waals surface area contributed by atoms with Crippen molar-refractivity contribution in [2.45, 2.75) is 72.3 Å². The molecule has 0 radical (unpaired) electrons. The van der Waals surface area contributed by atoms with Gasteiger partial charge in [-0.3, -0.25) is 9.59 Å². The van der Waals surface area contributed by atoms with E-state index in [0.717, 1.165) is 0 Å². The first-order valence-corrected chi connectivity index (χ1v) is 12.6. The Balaban J connectivity index is 1.30. The number of rotatable bonds is 9. The number of piperidine rings is 1. The topological polar surface area (TPSA) is 116 Å². The minimum Gasteiger partial charge on any atom is -0.445 e. The van der Waals surface area contributed by atoms with E-state index in [1.54, 1.807) is 37.9 Å². The summed E-state index contributed by atoms with van der Waals surface area (Å²) in [4.78, 5) is 38.1. The van der Waals surface area contributed by atoms with E-state index in [2.05, 4.69) is 15.6 Å². The second-order valence-corrected chi connectivity index (χ2v) is 10.5. The number of ether oxygens (including phenoxy) is 2. The van der Waals surface area contributed by atoms with Crippen molar-refractivity contribution < 1.29 is 28.2 Å². The molecule has 2 heterocycles. The summed E-state index contributed by atoms with van der Waals surface area (Å²) in [6.07, 6.45) is 3.97. The third-order valence-corrected chi connectivity index (χ3v) is 5.98. The second-order valence-electron chi connectivity index (χ2n) is 10.1. The van der Waals surface area contributed by atoms with Crippen LogP contribution in [0.2, 0.25) is 5.02 Å². The molecule has 0 atom stereocenters. The van der Waals surface area contributed by atoms with Crippen LogP contribution in [0.5, 0.6) is 0 Å². The van der Waals surface area contributed by atoms with Crippen LogP contribution in [0.25, 0.3) is 0 Å². The summed E-state index contributed by atoms with van der Waals surface area (Å²) in [7, 11) is 0. The maximum Gasteiger partial charge on any atom is 0.410 e. The highest BCUT2D eigenvalue weighted by atomic mass is 35.5. The van der Waals surface area contributed by atoms with Crippen LogP contribution in [0.4, 0.5) is 9.18 Å². The fourth-order valence-corrected chi connectivity index (χ4v) is 3.97. The van der Waals surface area contributed by atoms with Crippen LogP contribution in [0.3, 0.4) is 0 Å². The van der Waals surface area contributed by atoms with E-state index >= 15 is 0 Å². The van der Waals surface area contributed by atoms with E-state index in [1.165, 1.54) is 16.8 Å². The highest BCUT2D eigenvalue weighted by molar-refractivity contribution is 6.30. The maximum atomic E-state index is 13.4. The molecule has 0 unspecified atom stereocenters. The second kappa shape index (κ2) is 12.8. The Morgan fingerprint density at radius 2 is 1.89 bits per heavy atom. The Labute approximate surface area is 220 Å². The molecule has 1 aliphatic heterocycles. The molecule has 0 saturated carbocycles. The van der Waals surface area contributed by atoms with Gasteiger partial charge in [-0.05, 0) is 70.2 Å². The molecule has 1 aromatic carbocycles. The summed E-state index contributed by atoms with van der Waals surface area (Å²) in [5, 5.41) is 11.3. The minimum atomic E-state index is -0.587.